The standard InChI is InChI=1S/C9H14N2O8/c12-6(13)1-10-3-8(16)18-5-19-9(17)4-11-2-7(14)15/h10-11H,1-5H2,(H,12,13)(H,14,15)/p-1. The number of carbonyl (C=O) groups is 4. The van der Waals surface area contributed by atoms with Crippen molar-refractivity contribution in [2.45, 2.75) is 0 Å². The molecule has 10 nitrogen and oxygen atoms in total. The lowest BCUT2D eigenvalue weighted by molar-refractivity contribution is -0.304. The van der Waals surface area contributed by atoms with E-state index in [4.69, 9.17) is 5.11 Å². The van der Waals surface area contributed by atoms with Crippen LogP contribution < -0.4 is 15.7 Å². The van der Waals surface area contributed by atoms with Crippen LogP contribution in [0.25, 0.3) is 0 Å². The van der Waals surface area contributed by atoms with E-state index in [0.29, 0.717) is 0 Å². The number of esters is 2. The van der Waals surface area contributed by atoms with Gasteiger partial charge in [-0.25, -0.2) is 0 Å². The van der Waals surface area contributed by atoms with Gasteiger partial charge in [0.2, 0.25) is 6.79 Å². The van der Waals surface area contributed by atoms with Gasteiger partial charge in [-0.05, 0) is 0 Å². The lowest BCUT2D eigenvalue weighted by Crippen LogP contribution is -2.37. The van der Waals surface area contributed by atoms with Crippen LogP contribution >= 0.6 is 0 Å². The average Bonchev–Trinajstić information content (AvgIpc) is 2.27. The maximum absolute atomic E-state index is 10.9. The van der Waals surface area contributed by atoms with Gasteiger partial charge in [-0.1, -0.05) is 0 Å². The SMILES string of the molecule is O=C([O-])CNCC(=O)OCOC(=O)CNCC(=O)O. The van der Waals surface area contributed by atoms with Gasteiger partial charge in [-0.3, -0.25) is 19.7 Å². The highest BCUT2D eigenvalue weighted by Gasteiger charge is 2.06. The number of carbonyl (C=O) groups excluding carboxylic acids is 3. The summed E-state index contributed by atoms with van der Waals surface area (Å²) in [6.07, 6.45) is 0. The van der Waals surface area contributed by atoms with Crippen molar-refractivity contribution < 1.29 is 38.9 Å². The van der Waals surface area contributed by atoms with Crippen LogP contribution in [0.1, 0.15) is 0 Å². The van der Waals surface area contributed by atoms with Crippen molar-refractivity contribution in [1.29, 1.82) is 0 Å². The normalized spacial score (nSPS) is 9.68. The van der Waals surface area contributed by atoms with Crippen molar-refractivity contribution in [3.8, 4) is 0 Å². The molecule has 0 amide bonds. The highest BCUT2D eigenvalue weighted by Crippen LogP contribution is 1.82. The Morgan fingerprint density at radius 1 is 0.895 bits per heavy atom. The lowest BCUT2D eigenvalue weighted by atomic mass is 10.6. The summed E-state index contributed by atoms with van der Waals surface area (Å²) in [7, 11) is 0. The van der Waals surface area contributed by atoms with E-state index in [1.165, 1.54) is 0 Å². The van der Waals surface area contributed by atoms with Crippen molar-refractivity contribution in [2.24, 2.45) is 0 Å². The van der Waals surface area contributed by atoms with Gasteiger partial charge < -0.3 is 29.8 Å². The fourth-order valence-electron chi connectivity index (χ4n) is 0.801. The van der Waals surface area contributed by atoms with Crippen molar-refractivity contribution in [2.75, 3.05) is 33.0 Å². The van der Waals surface area contributed by atoms with E-state index in [1.807, 2.05) is 0 Å². The number of rotatable bonds is 10. The smallest absolute Gasteiger partial charge is 0.322 e. The van der Waals surface area contributed by atoms with Gasteiger partial charge in [0.15, 0.2) is 0 Å². The van der Waals surface area contributed by atoms with E-state index in [9.17, 15) is 24.3 Å². The van der Waals surface area contributed by atoms with Crippen molar-refractivity contribution in [3.63, 3.8) is 0 Å². The lowest BCUT2D eigenvalue weighted by Gasteiger charge is -2.07. The summed E-state index contributed by atoms with van der Waals surface area (Å²) in [5.41, 5.74) is 0. The van der Waals surface area contributed by atoms with Crippen LogP contribution in [0, 0.1) is 0 Å². The van der Waals surface area contributed by atoms with E-state index in [0.717, 1.165) is 0 Å². The maximum Gasteiger partial charge on any atom is 0.322 e. The molecule has 0 aliphatic rings. The predicted molar refractivity (Wildman–Crippen MR) is 55.4 cm³/mol. The van der Waals surface area contributed by atoms with Gasteiger partial charge in [0.05, 0.1) is 25.6 Å². The summed E-state index contributed by atoms with van der Waals surface area (Å²) in [5.74, 6) is -4.11. The average molecular weight is 277 g/mol. The van der Waals surface area contributed by atoms with Crippen molar-refractivity contribution in [1.82, 2.24) is 10.6 Å². The second-order valence-corrected chi connectivity index (χ2v) is 3.12. The summed E-state index contributed by atoms with van der Waals surface area (Å²) in [4.78, 5) is 41.9. The van der Waals surface area contributed by atoms with Crippen LogP contribution in [0.4, 0.5) is 0 Å². The van der Waals surface area contributed by atoms with Gasteiger partial charge >= 0.3 is 17.9 Å². The Bertz CT molecular complexity index is 311. The molecule has 108 valence electrons. The Balaban J connectivity index is 3.50. The number of carboxylic acids is 2. The Labute approximate surface area is 107 Å². The fourth-order valence-corrected chi connectivity index (χ4v) is 0.801. The molecule has 3 N–H and O–H groups in total. The number of hydrogen-bond acceptors (Lipinski definition) is 9. The molecule has 19 heavy (non-hydrogen) atoms. The molecule has 0 bridgehead atoms. The zero-order chi connectivity index (χ0) is 14.7. The molecular formula is C9H13N2O8-. The van der Waals surface area contributed by atoms with Crippen LogP contribution in [-0.4, -0.2) is 62.0 Å². The van der Waals surface area contributed by atoms with Gasteiger partial charge in [0.1, 0.15) is 0 Å². The zero-order valence-electron chi connectivity index (χ0n) is 9.84. The van der Waals surface area contributed by atoms with E-state index in [2.05, 4.69) is 20.1 Å². The minimum Gasteiger partial charge on any atom is -0.549 e. The van der Waals surface area contributed by atoms with Gasteiger partial charge in [0.25, 0.3) is 0 Å². The first kappa shape index (κ1) is 16.8. The van der Waals surface area contributed by atoms with E-state index in [-0.39, 0.29) is 13.1 Å². The Hall–Kier alpha value is -2.20. The molecule has 0 heterocycles. The van der Waals surface area contributed by atoms with E-state index < -0.39 is 43.8 Å². The molecule has 0 fully saturated rings. The molecular weight excluding hydrogens is 264 g/mol. The molecule has 0 atom stereocenters. The zero-order valence-corrected chi connectivity index (χ0v) is 9.84. The first-order chi connectivity index (χ1) is 8.91. The summed E-state index contributed by atoms with van der Waals surface area (Å²) < 4.78 is 8.85. The number of hydrogen-bond donors (Lipinski definition) is 3. The number of aliphatic carboxylic acids is 2. The molecule has 0 aliphatic carbocycles. The largest absolute Gasteiger partial charge is 0.549 e. The Kier molecular flexibility index (Phi) is 8.66. The van der Waals surface area contributed by atoms with E-state index in [1.54, 1.807) is 0 Å². The molecule has 0 radical (unpaired) electrons. The molecule has 0 aromatic carbocycles. The topological polar surface area (TPSA) is 154 Å². The molecule has 0 aromatic rings. The minimum absolute atomic E-state index is 0.340. The third kappa shape index (κ3) is 12.1. The van der Waals surface area contributed by atoms with Crippen LogP contribution in [0.2, 0.25) is 0 Å². The number of carboxylic acid groups (broad SMARTS) is 2. The molecule has 0 aliphatic heterocycles. The molecule has 0 spiro atoms. The van der Waals surface area contributed by atoms with Crippen LogP contribution in [0.3, 0.4) is 0 Å². The van der Waals surface area contributed by atoms with Crippen molar-refractivity contribution >= 4 is 23.9 Å². The predicted octanol–water partition coefficient (Wildman–Crippen LogP) is -3.96. The summed E-state index contributed by atoms with van der Waals surface area (Å²) in [6.45, 7) is -2.26. The summed E-state index contributed by atoms with van der Waals surface area (Å²) in [5, 5.41) is 22.7. The minimum atomic E-state index is -1.37. The number of nitrogens with one attached hydrogen (secondary N) is 2. The first-order valence-electron chi connectivity index (χ1n) is 5.06. The van der Waals surface area contributed by atoms with Crippen molar-refractivity contribution in [3.05, 3.63) is 0 Å². The van der Waals surface area contributed by atoms with Gasteiger partial charge in [0, 0.05) is 6.54 Å². The quantitative estimate of drug-likeness (QED) is 0.266. The molecule has 0 aromatic heterocycles. The van der Waals surface area contributed by atoms with Crippen LogP contribution in [0.5, 0.6) is 0 Å². The number of ether oxygens (including phenoxy) is 2. The Morgan fingerprint density at radius 2 is 1.37 bits per heavy atom. The summed E-state index contributed by atoms with van der Waals surface area (Å²) >= 11 is 0. The molecule has 10 heteroatoms. The van der Waals surface area contributed by atoms with E-state index >= 15 is 0 Å². The molecule has 0 unspecified atom stereocenters. The Morgan fingerprint density at radius 3 is 1.79 bits per heavy atom. The van der Waals surface area contributed by atoms with Gasteiger partial charge in [-0.2, -0.15) is 0 Å². The molecule has 0 rings (SSSR count). The third-order valence-electron chi connectivity index (χ3n) is 1.52. The summed E-state index contributed by atoms with van der Waals surface area (Å²) in [6, 6.07) is 0. The second kappa shape index (κ2) is 9.79. The molecule has 0 saturated heterocycles. The highest BCUT2D eigenvalue weighted by atomic mass is 16.7. The third-order valence-corrected chi connectivity index (χ3v) is 1.52. The second-order valence-electron chi connectivity index (χ2n) is 3.12. The first-order valence-corrected chi connectivity index (χ1v) is 5.06. The highest BCUT2D eigenvalue weighted by molar-refractivity contribution is 5.75. The fraction of sp³-hybridized carbons (Fsp3) is 0.556. The molecule has 0 saturated carbocycles. The van der Waals surface area contributed by atoms with Gasteiger partial charge in [-0.15, -0.1) is 0 Å². The van der Waals surface area contributed by atoms with Crippen LogP contribution in [0.15, 0.2) is 0 Å². The monoisotopic (exact) mass is 277 g/mol. The maximum atomic E-state index is 10.9. The van der Waals surface area contributed by atoms with Crippen LogP contribution in [-0.2, 0) is 28.7 Å².